The third kappa shape index (κ3) is 5.32. The molecule has 0 amide bonds. The van der Waals surface area contributed by atoms with Crippen molar-refractivity contribution in [2.45, 2.75) is 4.90 Å². The van der Waals surface area contributed by atoms with Gasteiger partial charge in [-0.2, -0.15) is 0 Å². The van der Waals surface area contributed by atoms with E-state index in [0.717, 1.165) is 31.9 Å². The van der Waals surface area contributed by atoms with Gasteiger partial charge in [-0.25, -0.2) is 8.42 Å². The molecule has 0 aromatic heterocycles. The smallest absolute Gasteiger partial charge is 0.262 e. The second-order valence-electron chi connectivity index (χ2n) is 5.76. The average Bonchev–Trinajstić information content (AvgIpc) is 2.62. The number of para-hydroxylation sites is 2. The summed E-state index contributed by atoms with van der Waals surface area (Å²) in [7, 11) is -2.26. The molecule has 0 aliphatic carbocycles. The molecule has 0 radical (unpaired) electrons. The lowest BCUT2D eigenvalue weighted by Gasteiger charge is -2.30. The largest absolute Gasteiger partial charge is 0.495 e. The molecule has 0 atom stereocenters. The van der Waals surface area contributed by atoms with Crippen LogP contribution in [0.1, 0.15) is 0 Å². The van der Waals surface area contributed by atoms with E-state index in [-0.39, 0.29) is 29.7 Å². The number of benzene rings is 2. The number of hydrogen-bond donors (Lipinski definition) is 3. The highest BCUT2D eigenvalue weighted by Crippen LogP contribution is 2.29. The average molecular weight is 435 g/mol. The maximum absolute atomic E-state index is 12.7. The molecule has 2 aromatic carbocycles. The van der Waals surface area contributed by atoms with Crippen LogP contribution in [0.2, 0.25) is 0 Å². The molecule has 27 heavy (non-hydrogen) atoms. The Morgan fingerprint density at radius 1 is 1.11 bits per heavy atom. The Morgan fingerprint density at radius 3 is 2.41 bits per heavy atom. The van der Waals surface area contributed by atoms with E-state index in [1.54, 1.807) is 36.4 Å². The zero-order valence-corrected chi connectivity index (χ0v) is 17.3. The van der Waals surface area contributed by atoms with Gasteiger partial charge in [0, 0.05) is 26.2 Å². The summed E-state index contributed by atoms with van der Waals surface area (Å²) in [6.07, 6.45) is 0. The van der Waals surface area contributed by atoms with Crippen LogP contribution in [0, 0.1) is 0 Å². The Balaban J connectivity index is 0.00000182. The molecule has 3 rings (SSSR count). The topological polar surface area (TPSA) is 96.7 Å². The van der Waals surface area contributed by atoms with Crippen molar-refractivity contribution >= 4 is 51.9 Å². The van der Waals surface area contributed by atoms with Gasteiger partial charge in [-0.3, -0.25) is 4.72 Å². The summed E-state index contributed by atoms with van der Waals surface area (Å²) < 4.78 is 33.1. The van der Waals surface area contributed by atoms with Gasteiger partial charge in [-0.05, 0) is 30.3 Å². The van der Waals surface area contributed by atoms with Crippen LogP contribution in [0.4, 0.5) is 17.1 Å². The van der Waals surface area contributed by atoms with Crippen LogP contribution in [0.5, 0.6) is 5.75 Å². The Kier molecular flexibility index (Phi) is 8.49. The number of methoxy groups -OCH3 is 1. The summed E-state index contributed by atoms with van der Waals surface area (Å²) in [5.41, 5.74) is 7.81. The fourth-order valence-corrected chi connectivity index (χ4v) is 3.93. The Bertz CT molecular complexity index is 859. The monoisotopic (exact) mass is 434 g/mol. The van der Waals surface area contributed by atoms with Crippen molar-refractivity contribution < 1.29 is 13.2 Å². The molecule has 1 aliphatic rings. The SMILES string of the molecule is COc1ccccc1NS(=O)(=O)c1ccc(N2CCNCC2)c(N)c1.Cl.Cl. The number of halogens is 2. The standard InChI is InChI=1S/C17H22N4O3S.2ClH/c1-24-17-5-3-2-4-15(17)20-25(22,23)13-6-7-16(14(18)12-13)21-10-8-19-9-11-21;;/h2-7,12,19-20H,8-11,18H2,1H3;2*1H. The predicted molar refractivity (Wildman–Crippen MR) is 114 cm³/mol. The van der Waals surface area contributed by atoms with Crippen LogP contribution in [0.25, 0.3) is 0 Å². The van der Waals surface area contributed by atoms with Gasteiger partial charge in [0.15, 0.2) is 0 Å². The van der Waals surface area contributed by atoms with Crippen molar-refractivity contribution in [2.75, 3.05) is 48.6 Å². The number of ether oxygens (including phenoxy) is 1. The van der Waals surface area contributed by atoms with Crippen molar-refractivity contribution in [3.63, 3.8) is 0 Å². The van der Waals surface area contributed by atoms with Gasteiger partial charge < -0.3 is 20.7 Å². The van der Waals surface area contributed by atoms with Crippen LogP contribution in [-0.4, -0.2) is 41.7 Å². The molecule has 1 aliphatic heterocycles. The van der Waals surface area contributed by atoms with E-state index in [9.17, 15) is 8.42 Å². The van der Waals surface area contributed by atoms with Crippen molar-refractivity contribution in [1.82, 2.24) is 5.32 Å². The van der Waals surface area contributed by atoms with Gasteiger partial charge in [0.1, 0.15) is 5.75 Å². The maximum atomic E-state index is 12.7. The van der Waals surface area contributed by atoms with Crippen molar-refractivity contribution in [3.8, 4) is 5.75 Å². The van der Waals surface area contributed by atoms with Crippen molar-refractivity contribution in [2.24, 2.45) is 0 Å². The molecular formula is C17H24Cl2N4O3S. The summed E-state index contributed by atoms with van der Waals surface area (Å²) >= 11 is 0. The zero-order chi connectivity index (χ0) is 17.9. The molecule has 1 saturated heterocycles. The van der Waals surface area contributed by atoms with Crippen molar-refractivity contribution in [1.29, 1.82) is 0 Å². The van der Waals surface area contributed by atoms with Gasteiger partial charge in [0.25, 0.3) is 10.0 Å². The maximum Gasteiger partial charge on any atom is 0.262 e. The minimum atomic E-state index is -3.76. The lowest BCUT2D eigenvalue weighted by Crippen LogP contribution is -2.43. The molecule has 0 spiro atoms. The number of nitrogen functional groups attached to an aromatic ring is 1. The molecular weight excluding hydrogens is 411 g/mol. The van der Waals surface area contributed by atoms with Crippen LogP contribution >= 0.6 is 24.8 Å². The molecule has 1 heterocycles. The summed E-state index contributed by atoms with van der Waals surface area (Å²) in [5, 5.41) is 3.28. The zero-order valence-electron chi connectivity index (χ0n) is 14.8. The van der Waals surface area contributed by atoms with Crippen LogP contribution < -0.4 is 25.4 Å². The molecule has 0 saturated carbocycles. The molecule has 0 bridgehead atoms. The van der Waals surface area contributed by atoms with E-state index < -0.39 is 10.0 Å². The van der Waals surface area contributed by atoms with Crippen LogP contribution in [0.15, 0.2) is 47.4 Å². The van der Waals surface area contributed by atoms with E-state index in [0.29, 0.717) is 17.1 Å². The number of sulfonamides is 1. The summed E-state index contributed by atoms with van der Waals surface area (Å²) in [5.74, 6) is 0.455. The number of hydrogen-bond acceptors (Lipinski definition) is 6. The Hall–Kier alpha value is -1.87. The third-order valence-corrected chi connectivity index (χ3v) is 5.48. The van der Waals surface area contributed by atoms with Gasteiger partial charge in [-0.15, -0.1) is 24.8 Å². The quantitative estimate of drug-likeness (QED) is 0.624. The number of nitrogens with zero attached hydrogens (tertiary/aromatic N) is 1. The Labute approximate surface area is 172 Å². The lowest BCUT2D eigenvalue weighted by molar-refractivity contribution is 0.417. The molecule has 1 fully saturated rings. The summed E-state index contributed by atoms with van der Waals surface area (Å²) in [6.45, 7) is 3.45. The van der Waals surface area contributed by atoms with E-state index in [1.165, 1.54) is 13.2 Å². The van der Waals surface area contributed by atoms with E-state index in [2.05, 4.69) is 14.9 Å². The van der Waals surface area contributed by atoms with E-state index >= 15 is 0 Å². The van der Waals surface area contributed by atoms with Gasteiger partial charge in [-0.1, -0.05) is 12.1 Å². The summed E-state index contributed by atoms with van der Waals surface area (Å²) in [6, 6.07) is 11.7. The fraction of sp³-hybridized carbons (Fsp3) is 0.294. The number of anilines is 3. The first-order chi connectivity index (χ1) is 12.0. The normalized spacial score (nSPS) is 13.9. The molecule has 2 aromatic rings. The number of piperazine rings is 1. The Morgan fingerprint density at radius 2 is 1.78 bits per heavy atom. The number of rotatable bonds is 5. The van der Waals surface area contributed by atoms with Gasteiger partial charge in [0.2, 0.25) is 0 Å². The highest BCUT2D eigenvalue weighted by molar-refractivity contribution is 7.92. The predicted octanol–water partition coefficient (Wildman–Crippen LogP) is 2.33. The molecule has 10 heteroatoms. The van der Waals surface area contributed by atoms with Gasteiger partial charge in [0.05, 0.1) is 29.1 Å². The summed E-state index contributed by atoms with van der Waals surface area (Å²) in [4.78, 5) is 2.27. The third-order valence-electron chi connectivity index (χ3n) is 4.12. The van der Waals surface area contributed by atoms with Crippen LogP contribution in [-0.2, 0) is 10.0 Å². The fourth-order valence-electron chi connectivity index (χ4n) is 2.83. The second-order valence-corrected chi connectivity index (χ2v) is 7.45. The first-order valence-corrected chi connectivity index (χ1v) is 9.50. The number of nitrogens with one attached hydrogen (secondary N) is 2. The minimum absolute atomic E-state index is 0. The number of nitrogens with two attached hydrogens (primary N) is 1. The first-order valence-electron chi connectivity index (χ1n) is 8.02. The lowest BCUT2D eigenvalue weighted by atomic mass is 10.2. The minimum Gasteiger partial charge on any atom is -0.495 e. The van der Waals surface area contributed by atoms with Crippen LogP contribution in [0.3, 0.4) is 0 Å². The highest BCUT2D eigenvalue weighted by atomic mass is 35.5. The van der Waals surface area contributed by atoms with Crippen molar-refractivity contribution in [3.05, 3.63) is 42.5 Å². The molecule has 4 N–H and O–H groups in total. The molecule has 150 valence electrons. The highest BCUT2D eigenvalue weighted by Gasteiger charge is 2.19. The molecule has 7 nitrogen and oxygen atoms in total. The van der Waals surface area contributed by atoms with Gasteiger partial charge >= 0.3 is 0 Å². The molecule has 0 unspecified atom stereocenters. The van der Waals surface area contributed by atoms with E-state index in [4.69, 9.17) is 10.5 Å². The second kappa shape index (κ2) is 9.89. The van der Waals surface area contributed by atoms with E-state index in [1.807, 2.05) is 0 Å². The first kappa shape index (κ1) is 23.2.